The van der Waals surface area contributed by atoms with Crippen LogP contribution in [0.1, 0.15) is 30.0 Å². The van der Waals surface area contributed by atoms with Gasteiger partial charge in [-0.3, -0.25) is 0 Å². The lowest BCUT2D eigenvalue weighted by molar-refractivity contribution is 0.166. The molecule has 164 valence electrons. The summed E-state index contributed by atoms with van der Waals surface area (Å²) in [6, 6.07) is 12.9. The van der Waals surface area contributed by atoms with Crippen LogP contribution < -0.4 is 15.4 Å². The SMILES string of the molecule is CCNC(=NCc1ccc(C)cc1OCC1CCOC1)NCc1ccccc1F.I. The van der Waals surface area contributed by atoms with Gasteiger partial charge in [0.1, 0.15) is 11.6 Å². The molecule has 2 N–H and O–H groups in total. The van der Waals surface area contributed by atoms with Gasteiger partial charge in [0, 0.05) is 36.7 Å². The highest BCUT2D eigenvalue weighted by Crippen LogP contribution is 2.23. The van der Waals surface area contributed by atoms with Gasteiger partial charge in [0.25, 0.3) is 0 Å². The number of hydrogen-bond acceptors (Lipinski definition) is 3. The standard InChI is InChI=1S/C23H30FN3O2.HI/c1-3-25-23(26-13-19-6-4-5-7-21(19)24)27-14-20-9-8-17(2)12-22(20)29-16-18-10-11-28-15-18;/h4-9,12,18H,3,10-11,13-16H2,1-2H3,(H2,25,26,27);1H. The summed E-state index contributed by atoms with van der Waals surface area (Å²) in [6.45, 7) is 7.88. The number of benzene rings is 2. The van der Waals surface area contributed by atoms with E-state index in [0.717, 1.165) is 43.1 Å². The Balaban J connectivity index is 0.00000320. The lowest BCUT2D eigenvalue weighted by Gasteiger charge is -2.15. The number of hydrogen-bond donors (Lipinski definition) is 2. The molecule has 0 spiro atoms. The van der Waals surface area contributed by atoms with Crippen LogP contribution in [0.5, 0.6) is 5.75 Å². The second kappa shape index (κ2) is 12.7. The van der Waals surface area contributed by atoms with E-state index in [0.29, 0.717) is 37.1 Å². The van der Waals surface area contributed by atoms with Gasteiger partial charge in [0.15, 0.2) is 5.96 Å². The van der Waals surface area contributed by atoms with E-state index >= 15 is 0 Å². The van der Waals surface area contributed by atoms with Crippen molar-refractivity contribution < 1.29 is 13.9 Å². The van der Waals surface area contributed by atoms with Gasteiger partial charge in [-0.15, -0.1) is 24.0 Å². The normalized spacial score (nSPS) is 16.1. The van der Waals surface area contributed by atoms with Crippen molar-refractivity contribution in [2.45, 2.75) is 33.4 Å². The van der Waals surface area contributed by atoms with Crippen molar-refractivity contribution in [2.75, 3.05) is 26.4 Å². The first-order chi connectivity index (χ1) is 14.2. The van der Waals surface area contributed by atoms with Crippen LogP contribution in [-0.2, 0) is 17.8 Å². The lowest BCUT2D eigenvalue weighted by atomic mass is 10.1. The summed E-state index contributed by atoms with van der Waals surface area (Å²) in [6.07, 6.45) is 1.05. The van der Waals surface area contributed by atoms with Crippen LogP contribution in [0.4, 0.5) is 4.39 Å². The van der Waals surface area contributed by atoms with Crippen molar-refractivity contribution in [3.63, 3.8) is 0 Å². The molecule has 1 heterocycles. The van der Waals surface area contributed by atoms with E-state index in [4.69, 9.17) is 9.47 Å². The molecule has 1 saturated heterocycles. The molecule has 1 unspecified atom stereocenters. The fraction of sp³-hybridized carbons (Fsp3) is 0.435. The van der Waals surface area contributed by atoms with Crippen LogP contribution in [0, 0.1) is 18.7 Å². The van der Waals surface area contributed by atoms with Gasteiger partial charge < -0.3 is 20.1 Å². The predicted octanol–water partition coefficient (Wildman–Crippen LogP) is 4.42. The fourth-order valence-electron chi connectivity index (χ4n) is 3.18. The zero-order valence-corrected chi connectivity index (χ0v) is 19.9. The number of nitrogens with one attached hydrogen (secondary N) is 2. The number of aliphatic imine (C=N–C) groups is 1. The monoisotopic (exact) mass is 527 g/mol. The zero-order chi connectivity index (χ0) is 20.5. The van der Waals surface area contributed by atoms with E-state index in [-0.39, 0.29) is 29.8 Å². The van der Waals surface area contributed by atoms with Crippen molar-refractivity contribution in [3.8, 4) is 5.75 Å². The third-order valence-corrected chi connectivity index (χ3v) is 4.88. The van der Waals surface area contributed by atoms with Gasteiger partial charge >= 0.3 is 0 Å². The molecule has 7 heteroatoms. The Morgan fingerprint density at radius 3 is 2.77 bits per heavy atom. The second-order valence-corrected chi connectivity index (χ2v) is 7.29. The van der Waals surface area contributed by atoms with E-state index in [1.165, 1.54) is 6.07 Å². The van der Waals surface area contributed by atoms with Gasteiger partial charge in [-0.05, 0) is 38.0 Å². The first-order valence-corrected chi connectivity index (χ1v) is 10.2. The van der Waals surface area contributed by atoms with Crippen LogP contribution in [-0.4, -0.2) is 32.3 Å². The highest BCUT2D eigenvalue weighted by molar-refractivity contribution is 14.0. The quantitative estimate of drug-likeness (QED) is 0.303. The first-order valence-electron chi connectivity index (χ1n) is 10.2. The van der Waals surface area contributed by atoms with Crippen LogP contribution in [0.25, 0.3) is 0 Å². The molecule has 2 aromatic carbocycles. The molecule has 0 saturated carbocycles. The third kappa shape index (κ3) is 7.43. The lowest BCUT2D eigenvalue weighted by Crippen LogP contribution is -2.37. The van der Waals surface area contributed by atoms with Crippen molar-refractivity contribution in [1.29, 1.82) is 0 Å². The zero-order valence-electron chi connectivity index (χ0n) is 17.6. The van der Waals surface area contributed by atoms with Gasteiger partial charge in [-0.25, -0.2) is 9.38 Å². The third-order valence-electron chi connectivity index (χ3n) is 4.88. The summed E-state index contributed by atoms with van der Waals surface area (Å²) in [4.78, 5) is 4.67. The van der Waals surface area contributed by atoms with E-state index in [1.807, 2.05) is 13.0 Å². The maximum absolute atomic E-state index is 13.9. The number of ether oxygens (including phenoxy) is 2. The molecule has 1 atom stereocenters. The van der Waals surface area contributed by atoms with Gasteiger partial charge in [0.2, 0.25) is 0 Å². The molecule has 1 aliphatic rings. The smallest absolute Gasteiger partial charge is 0.191 e. The highest BCUT2D eigenvalue weighted by atomic mass is 127. The fourth-order valence-corrected chi connectivity index (χ4v) is 3.18. The molecule has 3 rings (SSSR count). The minimum atomic E-state index is -0.221. The van der Waals surface area contributed by atoms with E-state index < -0.39 is 0 Å². The Morgan fingerprint density at radius 2 is 2.03 bits per heavy atom. The maximum Gasteiger partial charge on any atom is 0.191 e. The van der Waals surface area contributed by atoms with Crippen molar-refractivity contribution in [3.05, 3.63) is 65.0 Å². The topological polar surface area (TPSA) is 54.9 Å². The maximum atomic E-state index is 13.9. The summed E-state index contributed by atoms with van der Waals surface area (Å²) < 4.78 is 25.4. The van der Waals surface area contributed by atoms with E-state index in [2.05, 4.69) is 40.7 Å². The molecule has 2 aromatic rings. The predicted molar refractivity (Wildman–Crippen MR) is 129 cm³/mol. The van der Waals surface area contributed by atoms with Crippen LogP contribution in [0.15, 0.2) is 47.5 Å². The second-order valence-electron chi connectivity index (χ2n) is 7.29. The molecule has 0 aromatic heterocycles. The molecule has 30 heavy (non-hydrogen) atoms. The summed E-state index contributed by atoms with van der Waals surface area (Å²) >= 11 is 0. The first kappa shape index (κ1) is 24.4. The highest BCUT2D eigenvalue weighted by Gasteiger charge is 2.17. The minimum absolute atomic E-state index is 0. The molecule has 0 radical (unpaired) electrons. The number of aryl methyl sites for hydroxylation is 1. The average Bonchev–Trinajstić information content (AvgIpc) is 3.24. The molecular weight excluding hydrogens is 496 g/mol. The minimum Gasteiger partial charge on any atom is -0.493 e. The molecule has 0 amide bonds. The van der Waals surface area contributed by atoms with Gasteiger partial charge in [-0.1, -0.05) is 30.3 Å². The molecule has 1 fully saturated rings. The molecular formula is C23H31FIN3O2. The summed E-state index contributed by atoms with van der Waals surface area (Å²) in [5.41, 5.74) is 2.79. The Bertz CT molecular complexity index is 826. The molecule has 5 nitrogen and oxygen atoms in total. The number of rotatable bonds is 8. The Hall–Kier alpha value is -1.87. The number of halogens is 2. The Labute approximate surface area is 195 Å². The van der Waals surface area contributed by atoms with Crippen molar-refractivity contribution in [1.82, 2.24) is 10.6 Å². The Morgan fingerprint density at radius 1 is 1.20 bits per heavy atom. The van der Waals surface area contributed by atoms with Gasteiger partial charge in [-0.2, -0.15) is 0 Å². The largest absolute Gasteiger partial charge is 0.493 e. The average molecular weight is 527 g/mol. The van der Waals surface area contributed by atoms with E-state index in [1.54, 1.807) is 12.1 Å². The van der Waals surface area contributed by atoms with Crippen molar-refractivity contribution in [2.24, 2.45) is 10.9 Å². The van der Waals surface area contributed by atoms with Crippen molar-refractivity contribution >= 4 is 29.9 Å². The molecule has 1 aliphatic heterocycles. The van der Waals surface area contributed by atoms with Gasteiger partial charge in [0.05, 0.1) is 19.8 Å². The van der Waals surface area contributed by atoms with Crippen LogP contribution in [0.2, 0.25) is 0 Å². The molecule has 0 bridgehead atoms. The Kier molecular flexibility index (Phi) is 10.4. The van der Waals surface area contributed by atoms with Crippen LogP contribution in [0.3, 0.4) is 0 Å². The number of guanidine groups is 1. The summed E-state index contributed by atoms with van der Waals surface area (Å²) in [5, 5.41) is 6.41. The number of nitrogens with zero attached hydrogens (tertiary/aromatic N) is 1. The van der Waals surface area contributed by atoms with E-state index in [9.17, 15) is 4.39 Å². The summed E-state index contributed by atoms with van der Waals surface area (Å²) in [5.74, 6) is 1.74. The molecule has 0 aliphatic carbocycles. The van der Waals surface area contributed by atoms with Crippen LogP contribution >= 0.6 is 24.0 Å². The summed E-state index contributed by atoms with van der Waals surface area (Å²) in [7, 11) is 0.